The van der Waals surface area contributed by atoms with Gasteiger partial charge in [0.2, 0.25) is 11.8 Å². The molecule has 144 valence electrons. The van der Waals surface area contributed by atoms with Crippen LogP contribution in [0.1, 0.15) is 27.2 Å². The van der Waals surface area contributed by atoms with Gasteiger partial charge in [0.05, 0.1) is 0 Å². The van der Waals surface area contributed by atoms with E-state index in [1.54, 1.807) is 23.9 Å². The number of benzene rings is 2. The number of carbonyl (C=O) groups excluding carboxylic acids is 2. The zero-order valence-electron chi connectivity index (χ0n) is 16.9. The molecule has 0 aliphatic heterocycles. The van der Waals surface area contributed by atoms with Crippen LogP contribution in [0, 0.1) is 17.8 Å². The lowest BCUT2D eigenvalue weighted by atomic mass is 9.80. The third-order valence-electron chi connectivity index (χ3n) is 5.05. The van der Waals surface area contributed by atoms with Gasteiger partial charge in [-0.25, -0.2) is 0 Å². The van der Waals surface area contributed by atoms with Crippen LogP contribution in [-0.2, 0) is 9.59 Å². The van der Waals surface area contributed by atoms with E-state index in [1.165, 1.54) is 0 Å². The molecule has 4 nitrogen and oxygen atoms in total. The molecule has 2 aromatic carbocycles. The summed E-state index contributed by atoms with van der Waals surface area (Å²) in [6.45, 7) is 6.09. The smallest absolute Gasteiger partial charge is 0.234 e. The van der Waals surface area contributed by atoms with Crippen molar-refractivity contribution in [1.82, 2.24) is 4.90 Å². The van der Waals surface area contributed by atoms with E-state index in [2.05, 4.69) is 13.8 Å². The summed E-state index contributed by atoms with van der Waals surface area (Å²) in [7, 11) is 3.51. The van der Waals surface area contributed by atoms with Crippen molar-refractivity contribution in [3.63, 3.8) is 0 Å². The summed E-state index contributed by atoms with van der Waals surface area (Å²) in [5.41, 5.74) is 1.67. The van der Waals surface area contributed by atoms with Gasteiger partial charge in [0.15, 0.2) is 0 Å². The number of hydrogen-bond donors (Lipinski definition) is 0. The quantitative estimate of drug-likeness (QED) is 0.710. The highest BCUT2D eigenvalue weighted by atomic mass is 16.2. The Morgan fingerprint density at radius 2 is 1.26 bits per heavy atom. The summed E-state index contributed by atoms with van der Waals surface area (Å²) in [6, 6.07) is 19.3. The molecule has 2 rings (SSSR count). The predicted molar refractivity (Wildman–Crippen MR) is 111 cm³/mol. The summed E-state index contributed by atoms with van der Waals surface area (Å²) in [6.07, 6.45) is 0.370. The highest BCUT2D eigenvalue weighted by Crippen LogP contribution is 2.32. The van der Waals surface area contributed by atoms with Crippen molar-refractivity contribution in [2.45, 2.75) is 27.2 Å². The first kappa shape index (κ1) is 20.7. The maximum atomic E-state index is 13.5. The number of para-hydroxylation sites is 2. The number of hydrogen-bond acceptors (Lipinski definition) is 2. The fourth-order valence-corrected chi connectivity index (χ4v) is 3.32. The van der Waals surface area contributed by atoms with Crippen LogP contribution in [0.5, 0.6) is 0 Å². The molecular weight excluding hydrogens is 336 g/mol. The van der Waals surface area contributed by atoms with Gasteiger partial charge in [-0.05, 0) is 36.1 Å². The molecule has 27 heavy (non-hydrogen) atoms. The van der Waals surface area contributed by atoms with E-state index in [9.17, 15) is 9.59 Å². The molecule has 0 aliphatic carbocycles. The van der Waals surface area contributed by atoms with Crippen LogP contribution in [0.25, 0.3) is 0 Å². The lowest BCUT2D eigenvalue weighted by Crippen LogP contribution is -2.38. The molecule has 0 spiro atoms. The SMILES string of the molecule is CC(C)[C@@H](CC(=O)N(C)C)[C@H](C)C(=O)N(c1ccccc1)c1ccccc1. The molecule has 2 aromatic rings. The topological polar surface area (TPSA) is 40.6 Å². The zero-order chi connectivity index (χ0) is 20.0. The lowest BCUT2D eigenvalue weighted by molar-refractivity contribution is -0.131. The van der Waals surface area contributed by atoms with Crippen molar-refractivity contribution in [2.75, 3.05) is 19.0 Å². The summed E-state index contributed by atoms with van der Waals surface area (Å²) >= 11 is 0. The lowest BCUT2D eigenvalue weighted by Gasteiger charge is -2.32. The molecule has 2 amide bonds. The first-order valence-corrected chi connectivity index (χ1v) is 9.47. The van der Waals surface area contributed by atoms with Gasteiger partial charge in [-0.1, -0.05) is 57.2 Å². The van der Waals surface area contributed by atoms with E-state index in [0.29, 0.717) is 6.42 Å². The summed E-state index contributed by atoms with van der Waals surface area (Å²) in [5.74, 6) is -0.0186. The van der Waals surface area contributed by atoms with Crippen LogP contribution in [0.4, 0.5) is 11.4 Å². The maximum absolute atomic E-state index is 13.5. The van der Waals surface area contributed by atoms with Gasteiger partial charge in [-0.3, -0.25) is 14.5 Å². The Hall–Kier alpha value is -2.62. The van der Waals surface area contributed by atoms with Gasteiger partial charge in [-0.2, -0.15) is 0 Å². The minimum Gasteiger partial charge on any atom is -0.349 e. The minimum absolute atomic E-state index is 0.0117. The van der Waals surface area contributed by atoms with Crippen molar-refractivity contribution >= 4 is 23.2 Å². The normalized spacial score (nSPS) is 13.1. The van der Waals surface area contributed by atoms with Gasteiger partial charge >= 0.3 is 0 Å². The monoisotopic (exact) mass is 366 g/mol. The molecule has 0 unspecified atom stereocenters. The number of amides is 2. The van der Waals surface area contributed by atoms with Crippen LogP contribution >= 0.6 is 0 Å². The Labute approximate surface area is 162 Å². The van der Waals surface area contributed by atoms with E-state index in [4.69, 9.17) is 0 Å². The highest BCUT2D eigenvalue weighted by Gasteiger charge is 2.33. The van der Waals surface area contributed by atoms with Gasteiger partial charge < -0.3 is 4.90 Å². The predicted octanol–water partition coefficient (Wildman–Crippen LogP) is 4.74. The molecule has 0 saturated heterocycles. The number of carbonyl (C=O) groups is 2. The molecule has 2 atom stereocenters. The number of nitrogens with zero attached hydrogens (tertiary/aromatic N) is 2. The summed E-state index contributed by atoms with van der Waals surface area (Å²) < 4.78 is 0. The maximum Gasteiger partial charge on any atom is 0.234 e. The Bertz CT molecular complexity index is 702. The van der Waals surface area contributed by atoms with Crippen LogP contribution in [0.3, 0.4) is 0 Å². The fourth-order valence-electron chi connectivity index (χ4n) is 3.32. The molecule has 0 radical (unpaired) electrons. The van der Waals surface area contributed by atoms with E-state index in [-0.39, 0.29) is 29.6 Å². The second kappa shape index (κ2) is 9.36. The molecular formula is C23H30N2O2. The molecule has 0 fully saturated rings. The standard InChI is InChI=1S/C23H30N2O2/c1-17(2)21(16-22(26)24(4)5)18(3)23(27)25(19-12-8-6-9-13-19)20-14-10-7-11-15-20/h6-15,17-18,21H,16H2,1-5H3/t18-,21+/m0/s1. The minimum atomic E-state index is -0.283. The Morgan fingerprint density at radius 1 is 0.815 bits per heavy atom. The average molecular weight is 367 g/mol. The summed E-state index contributed by atoms with van der Waals surface area (Å²) in [5, 5.41) is 0. The molecule has 0 N–H and O–H groups in total. The van der Waals surface area contributed by atoms with Crippen molar-refractivity contribution < 1.29 is 9.59 Å². The highest BCUT2D eigenvalue weighted by molar-refractivity contribution is 6.02. The first-order valence-electron chi connectivity index (χ1n) is 9.47. The van der Waals surface area contributed by atoms with E-state index >= 15 is 0 Å². The van der Waals surface area contributed by atoms with Crippen molar-refractivity contribution in [3.8, 4) is 0 Å². The van der Waals surface area contributed by atoms with Crippen LogP contribution in [-0.4, -0.2) is 30.8 Å². The molecule has 0 bridgehead atoms. The Kier molecular flexibility index (Phi) is 7.17. The Morgan fingerprint density at radius 3 is 1.63 bits per heavy atom. The van der Waals surface area contributed by atoms with Crippen LogP contribution in [0.2, 0.25) is 0 Å². The molecule has 0 heterocycles. The van der Waals surface area contributed by atoms with Crippen LogP contribution < -0.4 is 4.90 Å². The second-order valence-electron chi connectivity index (χ2n) is 7.53. The van der Waals surface area contributed by atoms with Gasteiger partial charge in [0.25, 0.3) is 0 Å². The Balaban J connectivity index is 2.37. The average Bonchev–Trinajstić information content (AvgIpc) is 2.66. The molecule has 0 aromatic heterocycles. The zero-order valence-corrected chi connectivity index (χ0v) is 16.9. The van der Waals surface area contributed by atoms with Crippen molar-refractivity contribution in [2.24, 2.45) is 17.8 Å². The first-order chi connectivity index (χ1) is 12.8. The van der Waals surface area contributed by atoms with Crippen molar-refractivity contribution in [3.05, 3.63) is 60.7 Å². The van der Waals surface area contributed by atoms with E-state index in [0.717, 1.165) is 11.4 Å². The largest absolute Gasteiger partial charge is 0.349 e. The van der Waals surface area contributed by atoms with Gasteiger partial charge in [0.1, 0.15) is 0 Å². The van der Waals surface area contributed by atoms with Gasteiger partial charge in [-0.15, -0.1) is 0 Å². The van der Waals surface area contributed by atoms with Gasteiger partial charge in [0, 0.05) is 37.8 Å². The van der Waals surface area contributed by atoms with E-state index < -0.39 is 0 Å². The fraction of sp³-hybridized carbons (Fsp3) is 0.391. The second-order valence-corrected chi connectivity index (χ2v) is 7.53. The third-order valence-corrected chi connectivity index (χ3v) is 5.05. The third kappa shape index (κ3) is 5.19. The number of rotatable bonds is 7. The molecule has 4 heteroatoms. The van der Waals surface area contributed by atoms with E-state index in [1.807, 2.05) is 67.6 Å². The van der Waals surface area contributed by atoms with Crippen molar-refractivity contribution in [1.29, 1.82) is 0 Å². The molecule has 0 aliphatic rings. The summed E-state index contributed by atoms with van der Waals surface area (Å²) in [4.78, 5) is 29.2. The number of anilines is 2. The van der Waals surface area contributed by atoms with Crippen LogP contribution in [0.15, 0.2) is 60.7 Å². The molecule has 0 saturated carbocycles.